The van der Waals surface area contributed by atoms with Crippen molar-refractivity contribution in [2.45, 2.75) is 6.54 Å². The van der Waals surface area contributed by atoms with Gasteiger partial charge >= 0.3 is 0 Å². The molecule has 0 aliphatic heterocycles. The number of furan rings is 1. The predicted octanol–water partition coefficient (Wildman–Crippen LogP) is 2.15. The van der Waals surface area contributed by atoms with Gasteiger partial charge in [0, 0.05) is 18.4 Å². The van der Waals surface area contributed by atoms with E-state index in [4.69, 9.17) is 4.42 Å². The highest BCUT2D eigenvalue weighted by Crippen LogP contribution is 2.12. The molecular formula is C18H15N3O4. The van der Waals surface area contributed by atoms with Crippen LogP contribution in [0.5, 0.6) is 0 Å². The number of carbonyl (C=O) groups excluding carboxylic acids is 2. The molecule has 0 aliphatic rings. The zero-order valence-electron chi connectivity index (χ0n) is 13.1. The molecule has 3 N–H and O–H groups in total. The SMILES string of the molecule is O=C(Nc1ccc(CNC(=O)c2ccc[nH]c2=O)cc1)c1ccco1. The van der Waals surface area contributed by atoms with Crippen molar-refractivity contribution in [3.63, 3.8) is 0 Å². The molecule has 2 amide bonds. The maximum Gasteiger partial charge on any atom is 0.291 e. The van der Waals surface area contributed by atoms with Crippen LogP contribution in [0.1, 0.15) is 26.5 Å². The molecule has 3 aromatic rings. The molecule has 1 aromatic carbocycles. The van der Waals surface area contributed by atoms with E-state index in [1.165, 1.54) is 18.5 Å². The van der Waals surface area contributed by atoms with Crippen LogP contribution in [0.2, 0.25) is 0 Å². The Morgan fingerprint density at radius 3 is 2.48 bits per heavy atom. The topological polar surface area (TPSA) is 104 Å². The molecule has 0 saturated heterocycles. The van der Waals surface area contributed by atoms with Crippen molar-refractivity contribution in [2.24, 2.45) is 0 Å². The van der Waals surface area contributed by atoms with Gasteiger partial charge in [-0.2, -0.15) is 0 Å². The minimum atomic E-state index is -0.447. The summed E-state index contributed by atoms with van der Waals surface area (Å²) in [6, 6.07) is 13.2. The molecule has 2 aromatic heterocycles. The zero-order chi connectivity index (χ0) is 17.6. The number of benzene rings is 1. The summed E-state index contributed by atoms with van der Waals surface area (Å²) in [6.07, 6.45) is 2.90. The van der Waals surface area contributed by atoms with Crippen molar-refractivity contribution in [3.05, 3.63) is 88.2 Å². The lowest BCUT2D eigenvalue weighted by Crippen LogP contribution is -2.28. The molecule has 0 atom stereocenters. The van der Waals surface area contributed by atoms with Crippen molar-refractivity contribution in [1.82, 2.24) is 10.3 Å². The van der Waals surface area contributed by atoms with E-state index in [0.29, 0.717) is 5.69 Å². The lowest BCUT2D eigenvalue weighted by Gasteiger charge is -2.07. The summed E-state index contributed by atoms with van der Waals surface area (Å²) >= 11 is 0. The number of pyridine rings is 1. The smallest absolute Gasteiger partial charge is 0.291 e. The van der Waals surface area contributed by atoms with Crippen molar-refractivity contribution in [1.29, 1.82) is 0 Å². The molecule has 7 nitrogen and oxygen atoms in total. The summed E-state index contributed by atoms with van der Waals surface area (Å²) in [6.45, 7) is 0.263. The third-order valence-electron chi connectivity index (χ3n) is 3.47. The van der Waals surface area contributed by atoms with E-state index in [1.54, 1.807) is 42.5 Å². The van der Waals surface area contributed by atoms with E-state index in [9.17, 15) is 14.4 Å². The molecule has 25 heavy (non-hydrogen) atoms. The van der Waals surface area contributed by atoms with E-state index in [-0.39, 0.29) is 23.8 Å². The van der Waals surface area contributed by atoms with E-state index < -0.39 is 11.5 Å². The van der Waals surface area contributed by atoms with Gasteiger partial charge in [0.25, 0.3) is 17.4 Å². The van der Waals surface area contributed by atoms with Crippen LogP contribution in [0, 0.1) is 0 Å². The molecule has 0 fully saturated rings. The molecule has 0 saturated carbocycles. The lowest BCUT2D eigenvalue weighted by molar-refractivity contribution is 0.0948. The molecule has 0 aliphatic carbocycles. The number of aromatic nitrogens is 1. The Morgan fingerprint density at radius 2 is 1.80 bits per heavy atom. The Morgan fingerprint density at radius 1 is 1.00 bits per heavy atom. The van der Waals surface area contributed by atoms with Crippen LogP contribution in [-0.2, 0) is 6.54 Å². The van der Waals surface area contributed by atoms with E-state index in [0.717, 1.165) is 5.56 Å². The van der Waals surface area contributed by atoms with Crippen LogP contribution in [0.4, 0.5) is 5.69 Å². The number of rotatable bonds is 5. The monoisotopic (exact) mass is 337 g/mol. The Kier molecular flexibility index (Phi) is 4.75. The largest absolute Gasteiger partial charge is 0.459 e. The van der Waals surface area contributed by atoms with Crippen molar-refractivity contribution in [2.75, 3.05) is 5.32 Å². The van der Waals surface area contributed by atoms with Gasteiger partial charge < -0.3 is 20.0 Å². The third-order valence-corrected chi connectivity index (χ3v) is 3.47. The Hall–Kier alpha value is -3.61. The minimum absolute atomic E-state index is 0.0600. The van der Waals surface area contributed by atoms with Gasteiger partial charge in [-0.1, -0.05) is 12.1 Å². The summed E-state index contributed by atoms with van der Waals surface area (Å²) < 4.78 is 5.02. The average Bonchev–Trinajstić information content (AvgIpc) is 3.16. The number of aromatic amines is 1. The van der Waals surface area contributed by atoms with E-state index in [1.807, 2.05) is 0 Å². The Bertz CT molecular complexity index is 927. The molecule has 0 bridgehead atoms. The van der Waals surface area contributed by atoms with Gasteiger partial charge in [0.15, 0.2) is 5.76 Å². The maximum absolute atomic E-state index is 12.0. The summed E-state index contributed by atoms with van der Waals surface area (Å²) in [4.78, 5) is 37.9. The van der Waals surface area contributed by atoms with Gasteiger partial charge in [0.05, 0.1) is 6.26 Å². The summed E-state index contributed by atoms with van der Waals surface area (Å²) in [5.41, 5.74) is 1.06. The lowest BCUT2D eigenvalue weighted by atomic mass is 10.2. The first kappa shape index (κ1) is 16.3. The summed E-state index contributed by atoms with van der Waals surface area (Å²) in [7, 11) is 0. The highest BCUT2D eigenvalue weighted by Gasteiger charge is 2.10. The van der Waals surface area contributed by atoms with Crippen molar-refractivity contribution >= 4 is 17.5 Å². The second-order valence-electron chi connectivity index (χ2n) is 5.22. The number of carbonyl (C=O) groups is 2. The Labute approximate surface area is 142 Å². The number of hydrogen-bond acceptors (Lipinski definition) is 4. The zero-order valence-corrected chi connectivity index (χ0v) is 13.1. The van der Waals surface area contributed by atoms with E-state index >= 15 is 0 Å². The number of amides is 2. The number of H-pyrrole nitrogens is 1. The quantitative estimate of drug-likeness (QED) is 0.663. The first-order chi connectivity index (χ1) is 12.1. The summed E-state index contributed by atoms with van der Waals surface area (Å²) in [5, 5.41) is 5.38. The van der Waals surface area contributed by atoms with Gasteiger partial charge in [0.1, 0.15) is 5.56 Å². The number of anilines is 1. The van der Waals surface area contributed by atoms with Gasteiger partial charge in [-0.25, -0.2) is 0 Å². The predicted molar refractivity (Wildman–Crippen MR) is 91.3 cm³/mol. The molecule has 2 heterocycles. The first-order valence-corrected chi connectivity index (χ1v) is 7.53. The standard InChI is InChI=1S/C18H15N3O4/c22-16-14(3-1-9-19-16)17(23)20-11-12-5-7-13(8-6-12)21-18(24)15-4-2-10-25-15/h1-10H,11H2,(H,19,22)(H,20,23)(H,21,24). The van der Waals surface area contributed by atoms with E-state index in [2.05, 4.69) is 15.6 Å². The van der Waals surface area contributed by atoms with Crippen LogP contribution in [0.25, 0.3) is 0 Å². The normalized spacial score (nSPS) is 10.2. The highest BCUT2D eigenvalue weighted by molar-refractivity contribution is 6.02. The molecule has 3 rings (SSSR count). The van der Waals surface area contributed by atoms with Gasteiger partial charge in [-0.15, -0.1) is 0 Å². The summed E-state index contributed by atoms with van der Waals surface area (Å²) in [5.74, 6) is -0.559. The molecule has 0 unspecified atom stereocenters. The second kappa shape index (κ2) is 7.31. The first-order valence-electron chi connectivity index (χ1n) is 7.53. The van der Waals surface area contributed by atoms with Crippen molar-refractivity contribution < 1.29 is 14.0 Å². The molecule has 7 heteroatoms. The van der Waals surface area contributed by atoms with Crippen LogP contribution in [0.15, 0.2) is 70.2 Å². The minimum Gasteiger partial charge on any atom is -0.459 e. The van der Waals surface area contributed by atoms with Crippen LogP contribution < -0.4 is 16.2 Å². The fourth-order valence-corrected chi connectivity index (χ4v) is 2.18. The van der Waals surface area contributed by atoms with Crippen LogP contribution in [-0.4, -0.2) is 16.8 Å². The molecule has 0 radical (unpaired) electrons. The van der Waals surface area contributed by atoms with Crippen LogP contribution >= 0.6 is 0 Å². The Balaban J connectivity index is 1.58. The third kappa shape index (κ3) is 4.03. The maximum atomic E-state index is 12.0. The van der Waals surface area contributed by atoms with Gasteiger partial charge in [-0.3, -0.25) is 14.4 Å². The number of hydrogen-bond donors (Lipinski definition) is 3. The number of nitrogens with one attached hydrogen (secondary N) is 3. The fraction of sp³-hybridized carbons (Fsp3) is 0.0556. The fourth-order valence-electron chi connectivity index (χ4n) is 2.18. The van der Waals surface area contributed by atoms with Crippen LogP contribution in [0.3, 0.4) is 0 Å². The van der Waals surface area contributed by atoms with Gasteiger partial charge in [0.2, 0.25) is 0 Å². The second-order valence-corrected chi connectivity index (χ2v) is 5.22. The van der Waals surface area contributed by atoms with Crippen molar-refractivity contribution in [3.8, 4) is 0 Å². The molecule has 0 spiro atoms. The molecule has 126 valence electrons. The molecular weight excluding hydrogens is 322 g/mol. The average molecular weight is 337 g/mol. The van der Waals surface area contributed by atoms with Gasteiger partial charge in [-0.05, 0) is 42.0 Å². The highest BCUT2D eigenvalue weighted by atomic mass is 16.3.